The fourth-order valence-electron chi connectivity index (χ4n) is 2.33. The smallest absolute Gasteiger partial charge is 0.133 e. The highest BCUT2D eigenvalue weighted by atomic mass is 79.9. The minimum atomic E-state index is 0.789. The fraction of sp³-hybridized carbons (Fsp3) is 0.125. The van der Waals surface area contributed by atoms with E-state index < -0.39 is 0 Å². The molecule has 0 saturated heterocycles. The van der Waals surface area contributed by atoms with Crippen LogP contribution in [0.4, 0.5) is 0 Å². The summed E-state index contributed by atoms with van der Waals surface area (Å²) < 4.78 is 8.40. The Morgan fingerprint density at radius 1 is 1.20 bits per heavy atom. The number of nitrogens with zero attached hydrogens (tertiary/aromatic N) is 1. The first-order valence-electron chi connectivity index (χ1n) is 6.25. The van der Waals surface area contributed by atoms with Gasteiger partial charge in [0.25, 0.3) is 0 Å². The molecule has 1 aromatic heterocycles. The third kappa shape index (κ3) is 2.43. The SMILES string of the molecule is COc1ccc(Cn2ccc3c(Cl)cccc32)cc1Br. The Morgan fingerprint density at radius 2 is 2.05 bits per heavy atom. The molecule has 4 heteroatoms. The van der Waals surface area contributed by atoms with Crippen molar-refractivity contribution in [2.24, 2.45) is 0 Å². The van der Waals surface area contributed by atoms with Crippen LogP contribution < -0.4 is 4.74 Å². The average molecular weight is 351 g/mol. The molecule has 3 rings (SSSR count). The summed E-state index contributed by atoms with van der Waals surface area (Å²) in [6.07, 6.45) is 2.06. The number of methoxy groups -OCH3 is 1. The Hall–Kier alpha value is -1.45. The van der Waals surface area contributed by atoms with E-state index in [2.05, 4.69) is 51.0 Å². The van der Waals surface area contributed by atoms with Crippen LogP contribution in [0.2, 0.25) is 5.02 Å². The summed E-state index contributed by atoms with van der Waals surface area (Å²) in [5, 5.41) is 1.87. The van der Waals surface area contributed by atoms with Crippen molar-refractivity contribution in [1.29, 1.82) is 0 Å². The molecule has 0 aliphatic heterocycles. The van der Waals surface area contributed by atoms with Gasteiger partial charge in [-0.1, -0.05) is 23.7 Å². The fourth-order valence-corrected chi connectivity index (χ4v) is 3.15. The highest BCUT2D eigenvalue weighted by Crippen LogP contribution is 2.28. The molecule has 0 radical (unpaired) electrons. The van der Waals surface area contributed by atoms with Crippen molar-refractivity contribution in [3.8, 4) is 5.75 Å². The van der Waals surface area contributed by atoms with E-state index in [4.69, 9.17) is 16.3 Å². The first kappa shape index (κ1) is 13.5. The molecule has 0 atom stereocenters. The van der Waals surface area contributed by atoms with Crippen LogP contribution in [-0.4, -0.2) is 11.7 Å². The first-order valence-corrected chi connectivity index (χ1v) is 7.42. The molecule has 102 valence electrons. The van der Waals surface area contributed by atoms with Crippen LogP contribution in [0.3, 0.4) is 0 Å². The van der Waals surface area contributed by atoms with Gasteiger partial charge in [-0.2, -0.15) is 0 Å². The topological polar surface area (TPSA) is 14.2 Å². The van der Waals surface area contributed by atoms with E-state index in [-0.39, 0.29) is 0 Å². The standard InChI is InChI=1S/C16H13BrClNO/c1-20-16-6-5-11(9-13(16)17)10-19-8-7-12-14(18)3-2-4-15(12)19/h2-9H,10H2,1H3. The van der Waals surface area contributed by atoms with Gasteiger partial charge in [0.2, 0.25) is 0 Å². The first-order chi connectivity index (χ1) is 9.69. The molecule has 0 saturated carbocycles. The number of ether oxygens (including phenoxy) is 1. The van der Waals surface area contributed by atoms with Gasteiger partial charge in [-0.25, -0.2) is 0 Å². The molecule has 3 aromatic rings. The molecule has 1 heterocycles. The molecule has 2 nitrogen and oxygen atoms in total. The van der Waals surface area contributed by atoms with Gasteiger partial charge in [0.15, 0.2) is 0 Å². The number of hydrogen-bond donors (Lipinski definition) is 0. The third-order valence-electron chi connectivity index (χ3n) is 3.33. The van der Waals surface area contributed by atoms with Gasteiger partial charge in [-0.3, -0.25) is 0 Å². The second-order valence-corrected chi connectivity index (χ2v) is 5.85. The van der Waals surface area contributed by atoms with E-state index in [1.165, 1.54) is 5.56 Å². The van der Waals surface area contributed by atoms with Crippen LogP contribution in [0, 0.1) is 0 Å². The molecule has 0 fully saturated rings. The average Bonchev–Trinajstić information content (AvgIpc) is 2.84. The lowest BCUT2D eigenvalue weighted by Crippen LogP contribution is -1.98. The highest BCUT2D eigenvalue weighted by molar-refractivity contribution is 9.10. The van der Waals surface area contributed by atoms with Crippen molar-refractivity contribution in [3.63, 3.8) is 0 Å². The van der Waals surface area contributed by atoms with Crippen molar-refractivity contribution in [2.75, 3.05) is 7.11 Å². The predicted molar refractivity (Wildman–Crippen MR) is 86.7 cm³/mol. The Morgan fingerprint density at radius 3 is 2.80 bits per heavy atom. The summed E-state index contributed by atoms with van der Waals surface area (Å²) in [5.41, 5.74) is 2.35. The van der Waals surface area contributed by atoms with Crippen molar-refractivity contribution >= 4 is 38.4 Å². The van der Waals surface area contributed by atoms with Crippen LogP contribution >= 0.6 is 27.5 Å². The van der Waals surface area contributed by atoms with Crippen molar-refractivity contribution in [1.82, 2.24) is 4.57 Å². The predicted octanol–water partition coefficient (Wildman–Crippen LogP) is 5.11. The van der Waals surface area contributed by atoms with Gasteiger partial charge in [-0.05, 0) is 51.8 Å². The van der Waals surface area contributed by atoms with E-state index in [0.29, 0.717) is 0 Å². The molecular formula is C16H13BrClNO. The van der Waals surface area contributed by atoms with Gasteiger partial charge in [0, 0.05) is 28.7 Å². The molecule has 0 N–H and O–H groups in total. The van der Waals surface area contributed by atoms with E-state index in [0.717, 1.165) is 32.7 Å². The van der Waals surface area contributed by atoms with E-state index in [1.807, 2.05) is 18.2 Å². The van der Waals surface area contributed by atoms with Crippen molar-refractivity contribution < 1.29 is 4.74 Å². The van der Waals surface area contributed by atoms with Gasteiger partial charge >= 0.3 is 0 Å². The number of hydrogen-bond acceptors (Lipinski definition) is 1. The summed E-state index contributed by atoms with van der Waals surface area (Å²) in [6, 6.07) is 14.1. The van der Waals surface area contributed by atoms with Gasteiger partial charge < -0.3 is 9.30 Å². The van der Waals surface area contributed by atoms with E-state index >= 15 is 0 Å². The number of halogens is 2. The van der Waals surface area contributed by atoms with Gasteiger partial charge in [0.05, 0.1) is 11.6 Å². The van der Waals surface area contributed by atoms with Gasteiger partial charge in [0.1, 0.15) is 5.75 Å². The van der Waals surface area contributed by atoms with Crippen molar-refractivity contribution in [3.05, 3.63) is 63.7 Å². The molecule has 0 aliphatic rings. The van der Waals surface area contributed by atoms with E-state index in [1.54, 1.807) is 7.11 Å². The zero-order chi connectivity index (χ0) is 14.1. The van der Waals surface area contributed by atoms with E-state index in [9.17, 15) is 0 Å². The lowest BCUT2D eigenvalue weighted by molar-refractivity contribution is 0.412. The summed E-state index contributed by atoms with van der Waals surface area (Å²) in [4.78, 5) is 0. The lowest BCUT2D eigenvalue weighted by Gasteiger charge is -2.09. The maximum atomic E-state index is 6.20. The summed E-state index contributed by atoms with van der Waals surface area (Å²) in [5.74, 6) is 0.842. The largest absolute Gasteiger partial charge is 0.496 e. The molecule has 0 amide bonds. The molecule has 20 heavy (non-hydrogen) atoms. The van der Waals surface area contributed by atoms with Crippen LogP contribution in [0.1, 0.15) is 5.56 Å². The van der Waals surface area contributed by atoms with Crippen LogP contribution in [0.15, 0.2) is 53.1 Å². The molecule has 0 unspecified atom stereocenters. The minimum Gasteiger partial charge on any atom is -0.496 e. The number of rotatable bonds is 3. The minimum absolute atomic E-state index is 0.789. The molecule has 0 aliphatic carbocycles. The second kappa shape index (κ2) is 5.51. The Labute approximate surface area is 131 Å². The van der Waals surface area contributed by atoms with Crippen LogP contribution in [-0.2, 0) is 6.54 Å². The monoisotopic (exact) mass is 349 g/mol. The van der Waals surface area contributed by atoms with Crippen LogP contribution in [0.25, 0.3) is 10.9 Å². The van der Waals surface area contributed by atoms with Gasteiger partial charge in [-0.15, -0.1) is 0 Å². The Bertz CT molecular complexity index is 766. The third-order valence-corrected chi connectivity index (χ3v) is 4.28. The number of aromatic nitrogens is 1. The van der Waals surface area contributed by atoms with Crippen LogP contribution in [0.5, 0.6) is 5.75 Å². The zero-order valence-corrected chi connectivity index (χ0v) is 13.3. The maximum absolute atomic E-state index is 6.20. The molecule has 2 aromatic carbocycles. The molecule has 0 bridgehead atoms. The Kier molecular flexibility index (Phi) is 3.72. The summed E-state index contributed by atoms with van der Waals surface area (Å²) in [6.45, 7) is 0.798. The molecule has 0 spiro atoms. The summed E-state index contributed by atoms with van der Waals surface area (Å²) >= 11 is 9.72. The zero-order valence-electron chi connectivity index (χ0n) is 10.9. The highest BCUT2D eigenvalue weighted by Gasteiger charge is 2.06. The second-order valence-electron chi connectivity index (χ2n) is 4.59. The number of benzene rings is 2. The maximum Gasteiger partial charge on any atom is 0.133 e. The molecular weight excluding hydrogens is 338 g/mol. The number of fused-ring (bicyclic) bond motifs is 1. The summed E-state index contributed by atoms with van der Waals surface area (Å²) in [7, 11) is 1.67. The lowest BCUT2D eigenvalue weighted by atomic mass is 10.2. The van der Waals surface area contributed by atoms with Crippen molar-refractivity contribution in [2.45, 2.75) is 6.54 Å². The normalized spacial score (nSPS) is 10.9. The quantitative estimate of drug-likeness (QED) is 0.640. The Balaban J connectivity index is 1.97.